The van der Waals surface area contributed by atoms with Gasteiger partial charge in [0.05, 0.1) is 4.90 Å². The lowest BCUT2D eigenvalue weighted by Gasteiger charge is -2.36. The van der Waals surface area contributed by atoms with Gasteiger partial charge < -0.3 is 4.90 Å². The van der Waals surface area contributed by atoms with Gasteiger partial charge in [0.15, 0.2) is 0 Å². The van der Waals surface area contributed by atoms with Gasteiger partial charge >= 0.3 is 0 Å². The molecule has 1 aromatic heterocycles. The van der Waals surface area contributed by atoms with Crippen LogP contribution in [0.5, 0.6) is 0 Å². The highest BCUT2D eigenvalue weighted by atomic mass is 32.2. The lowest BCUT2D eigenvalue weighted by atomic mass is 10.0. The van der Waals surface area contributed by atoms with Crippen molar-refractivity contribution in [3.8, 4) is 0 Å². The zero-order valence-corrected chi connectivity index (χ0v) is 20.7. The third-order valence-corrected chi connectivity index (χ3v) is 8.13. The smallest absolute Gasteiger partial charge is 0.243 e. The van der Waals surface area contributed by atoms with Crippen LogP contribution in [-0.4, -0.2) is 48.9 Å². The van der Waals surface area contributed by atoms with Gasteiger partial charge in [0.2, 0.25) is 10.0 Å². The van der Waals surface area contributed by atoms with E-state index in [2.05, 4.69) is 43.0 Å². The molecule has 4 rings (SSSR count). The highest BCUT2D eigenvalue weighted by molar-refractivity contribution is 7.89. The fourth-order valence-corrected chi connectivity index (χ4v) is 5.70. The maximum atomic E-state index is 13.1. The summed E-state index contributed by atoms with van der Waals surface area (Å²) in [4.78, 5) is 12.1. The lowest BCUT2D eigenvalue weighted by Crippen LogP contribution is -2.49. The molecule has 1 saturated heterocycles. The minimum Gasteiger partial charge on any atom is -0.354 e. The molecule has 1 aliphatic heterocycles. The van der Waals surface area contributed by atoms with Crippen molar-refractivity contribution < 1.29 is 8.42 Å². The SMILES string of the molecule is CCc1nc(C)nc(N2CCN(S(=O)(=O)c3ccc(C)cc3)CC2)c1Cc1ccc(C)cc1. The van der Waals surface area contributed by atoms with Crippen molar-refractivity contribution in [1.82, 2.24) is 14.3 Å². The molecule has 0 amide bonds. The minimum atomic E-state index is -3.49. The Kier molecular flexibility index (Phi) is 6.81. The molecular weight excluding hydrogens is 432 g/mol. The van der Waals surface area contributed by atoms with E-state index in [4.69, 9.17) is 9.97 Å². The normalized spacial score (nSPS) is 15.1. The highest BCUT2D eigenvalue weighted by Crippen LogP contribution is 2.27. The van der Waals surface area contributed by atoms with E-state index in [1.54, 1.807) is 16.4 Å². The molecule has 6 nitrogen and oxygen atoms in total. The summed E-state index contributed by atoms with van der Waals surface area (Å²) in [6.07, 6.45) is 1.60. The Balaban J connectivity index is 1.58. The number of sulfonamides is 1. The summed E-state index contributed by atoms with van der Waals surface area (Å²) in [6.45, 7) is 10.2. The topological polar surface area (TPSA) is 66.4 Å². The van der Waals surface area contributed by atoms with Gasteiger partial charge in [-0.05, 0) is 44.9 Å². The molecule has 1 fully saturated rings. The fraction of sp³-hybridized carbons (Fsp3) is 0.385. The van der Waals surface area contributed by atoms with Crippen LogP contribution in [0.15, 0.2) is 53.4 Å². The van der Waals surface area contributed by atoms with Gasteiger partial charge in [-0.2, -0.15) is 4.31 Å². The standard InChI is InChI=1S/C26H32N4O2S/c1-5-25-24(18-22-10-6-19(2)7-11-22)26(28-21(4)27-25)29-14-16-30(17-15-29)33(31,32)23-12-8-20(3)9-13-23/h6-13H,5,14-18H2,1-4H3. The number of aryl methyl sites for hydroxylation is 4. The highest BCUT2D eigenvalue weighted by Gasteiger charge is 2.30. The van der Waals surface area contributed by atoms with Gasteiger partial charge in [-0.25, -0.2) is 18.4 Å². The van der Waals surface area contributed by atoms with E-state index in [1.165, 1.54) is 11.1 Å². The molecule has 0 bridgehead atoms. The molecule has 3 aromatic rings. The van der Waals surface area contributed by atoms with Gasteiger partial charge in [0.1, 0.15) is 11.6 Å². The second-order valence-electron chi connectivity index (χ2n) is 8.74. The van der Waals surface area contributed by atoms with Crippen LogP contribution < -0.4 is 4.90 Å². The maximum absolute atomic E-state index is 13.1. The Bertz CT molecular complexity index is 1210. The van der Waals surface area contributed by atoms with Crippen LogP contribution in [0.25, 0.3) is 0 Å². The first-order valence-electron chi connectivity index (χ1n) is 11.5. The van der Waals surface area contributed by atoms with E-state index < -0.39 is 10.0 Å². The van der Waals surface area contributed by atoms with Crippen molar-refractivity contribution in [3.05, 3.63) is 82.3 Å². The van der Waals surface area contributed by atoms with Crippen molar-refractivity contribution in [2.24, 2.45) is 0 Å². The van der Waals surface area contributed by atoms with Crippen LogP contribution in [0.2, 0.25) is 0 Å². The predicted molar refractivity (Wildman–Crippen MR) is 132 cm³/mol. The first-order chi connectivity index (χ1) is 15.8. The third kappa shape index (κ3) is 5.09. The molecule has 0 aliphatic carbocycles. The second kappa shape index (κ2) is 9.61. The number of rotatable bonds is 6. The molecule has 7 heteroatoms. The average molecular weight is 465 g/mol. The largest absolute Gasteiger partial charge is 0.354 e. The zero-order valence-electron chi connectivity index (χ0n) is 19.9. The van der Waals surface area contributed by atoms with E-state index in [0.717, 1.165) is 41.3 Å². The monoisotopic (exact) mass is 464 g/mol. The molecule has 0 N–H and O–H groups in total. The number of hydrogen-bond acceptors (Lipinski definition) is 5. The van der Waals surface area contributed by atoms with Crippen LogP contribution in [0, 0.1) is 20.8 Å². The summed E-state index contributed by atoms with van der Waals surface area (Å²) in [6, 6.07) is 15.6. The summed E-state index contributed by atoms with van der Waals surface area (Å²) in [5.41, 5.74) is 5.71. The van der Waals surface area contributed by atoms with Crippen molar-refractivity contribution in [1.29, 1.82) is 0 Å². The van der Waals surface area contributed by atoms with Gasteiger partial charge in [0.25, 0.3) is 0 Å². The summed E-state index contributed by atoms with van der Waals surface area (Å²) in [5.74, 6) is 1.69. The number of nitrogens with zero attached hydrogens (tertiary/aromatic N) is 4. The Labute approximate surface area is 197 Å². The zero-order chi connectivity index (χ0) is 23.6. The first-order valence-corrected chi connectivity index (χ1v) is 13.0. The summed E-state index contributed by atoms with van der Waals surface area (Å²) in [5, 5.41) is 0. The van der Waals surface area contributed by atoms with Crippen molar-refractivity contribution in [2.75, 3.05) is 31.1 Å². The number of anilines is 1. The van der Waals surface area contributed by atoms with Crippen molar-refractivity contribution in [3.63, 3.8) is 0 Å². The Hall–Kier alpha value is -2.77. The Morgan fingerprint density at radius 1 is 0.818 bits per heavy atom. The van der Waals surface area contributed by atoms with Gasteiger partial charge in [-0.3, -0.25) is 0 Å². The van der Waals surface area contributed by atoms with Crippen LogP contribution >= 0.6 is 0 Å². The van der Waals surface area contributed by atoms with E-state index in [1.807, 2.05) is 26.0 Å². The molecule has 0 radical (unpaired) electrons. The Morgan fingerprint density at radius 3 is 1.97 bits per heavy atom. The third-order valence-electron chi connectivity index (χ3n) is 6.22. The quantitative estimate of drug-likeness (QED) is 0.550. The van der Waals surface area contributed by atoms with Crippen molar-refractivity contribution >= 4 is 15.8 Å². The molecule has 174 valence electrons. The van der Waals surface area contributed by atoms with Crippen LogP contribution in [0.4, 0.5) is 5.82 Å². The van der Waals surface area contributed by atoms with E-state index in [0.29, 0.717) is 31.1 Å². The molecule has 0 unspecified atom stereocenters. The summed E-state index contributed by atoms with van der Waals surface area (Å²) < 4.78 is 27.8. The second-order valence-corrected chi connectivity index (χ2v) is 10.7. The minimum absolute atomic E-state index is 0.354. The first kappa shape index (κ1) is 23.4. The van der Waals surface area contributed by atoms with E-state index >= 15 is 0 Å². The van der Waals surface area contributed by atoms with Crippen LogP contribution in [0.1, 0.15) is 40.7 Å². The number of aromatic nitrogens is 2. The van der Waals surface area contributed by atoms with E-state index in [-0.39, 0.29) is 0 Å². The molecule has 1 aliphatic rings. The number of hydrogen-bond donors (Lipinski definition) is 0. The molecule has 2 aromatic carbocycles. The molecule has 0 spiro atoms. The number of piperazine rings is 1. The summed E-state index contributed by atoms with van der Waals surface area (Å²) >= 11 is 0. The predicted octanol–water partition coefficient (Wildman–Crippen LogP) is 4.07. The van der Waals surface area contributed by atoms with Gasteiger partial charge in [-0.15, -0.1) is 0 Å². The molecule has 0 saturated carbocycles. The van der Waals surface area contributed by atoms with Crippen LogP contribution in [0.3, 0.4) is 0 Å². The Morgan fingerprint density at radius 2 is 1.39 bits per heavy atom. The maximum Gasteiger partial charge on any atom is 0.243 e. The molecule has 33 heavy (non-hydrogen) atoms. The molecular formula is C26H32N4O2S. The van der Waals surface area contributed by atoms with Crippen molar-refractivity contribution in [2.45, 2.75) is 45.4 Å². The lowest BCUT2D eigenvalue weighted by molar-refractivity contribution is 0.383. The molecule has 0 atom stereocenters. The van der Waals surface area contributed by atoms with Gasteiger partial charge in [-0.1, -0.05) is 54.4 Å². The average Bonchev–Trinajstić information content (AvgIpc) is 2.81. The fourth-order valence-electron chi connectivity index (χ4n) is 4.28. The van der Waals surface area contributed by atoms with Crippen LogP contribution in [-0.2, 0) is 22.9 Å². The van der Waals surface area contributed by atoms with Gasteiger partial charge in [0, 0.05) is 43.9 Å². The van der Waals surface area contributed by atoms with E-state index in [9.17, 15) is 8.42 Å². The summed E-state index contributed by atoms with van der Waals surface area (Å²) in [7, 11) is -3.49. The molecule has 2 heterocycles. The number of benzene rings is 2.